The minimum atomic E-state index is -0.125. The fraction of sp³-hybridized carbons (Fsp3) is 0.318. The summed E-state index contributed by atoms with van der Waals surface area (Å²) in [5, 5.41) is 14.0. The molecule has 2 aliphatic heterocycles. The molecule has 1 aromatic heterocycles. The highest BCUT2D eigenvalue weighted by molar-refractivity contribution is 6.05. The first kappa shape index (κ1) is 16.4. The molecule has 3 aromatic rings. The number of nitrogens with one attached hydrogen (secondary N) is 2. The lowest BCUT2D eigenvalue weighted by Gasteiger charge is -2.26. The number of H-pyrrole nitrogens is 1. The second kappa shape index (κ2) is 6.43. The van der Waals surface area contributed by atoms with E-state index in [2.05, 4.69) is 39.5 Å². The number of carbonyl (C=O) groups excluding carboxylic acids is 1. The fourth-order valence-corrected chi connectivity index (χ4v) is 4.36. The van der Waals surface area contributed by atoms with E-state index in [9.17, 15) is 9.90 Å². The highest BCUT2D eigenvalue weighted by Gasteiger charge is 2.26. The van der Waals surface area contributed by atoms with Crippen LogP contribution in [0.2, 0.25) is 0 Å². The summed E-state index contributed by atoms with van der Waals surface area (Å²) in [5.74, 6) is 0.0485. The maximum Gasteiger partial charge on any atom is 0.252 e. The smallest absolute Gasteiger partial charge is 0.252 e. The quantitative estimate of drug-likeness (QED) is 0.665. The number of aromatic hydroxyl groups is 1. The topological polar surface area (TPSA) is 68.4 Å². The molecular formula is C22H23N3O2. The van der Waals surface area contributed by atoms with E-state index in [-0.39, 0.29) is 11.7 Å². The molecule has 5 heteroatoms. The van der Waals surface area contributed by atoms with Crippen molar-refractivity contribution >= 4 is 16.8 Å². The lowest BCUT2D eigenvalue weighted by atomic mass is 9.99. The number of hydrogen-bond donors (Lipinski definition) is 3. The lowest BCUT2D eigenvalue weighted by molar-refractivity contribution is 0.0966. The Labute approximate surface area is 158 Å². The van der Waals surface area contributed by atoms with Gasteiger partial charge >= 0.3 is 0 Å². The molecular weight excluding hydrogens is 338 g/mol. The van der Waals surface area contributed by atoms with Crippen LogP contribution < -0.4 is 5.32 Å². The SMILES string of the molecule is O=C1NCc2c(O)ccc(-c3cc4cc(CN5CCCCC5)ccc4[nH]3)c21. The summed E-state index contributed by atoms with van der Waals surface area (Å²) in [5.41, 5.74) is 5.40. The molecule has 0 atom stereocenters. The van der Waals surface area contributed by atoms with Crippen LogP contribution >= 0.6 is 0 Å². The van der Waals surface area contributed by atoms with E-state index >= 15 is 0 Å². The highest BCUT2D eigenvalue weighted by atomic mass is 16.3. The van der Waals surface area contributed by atoms with Gasteiger partial charge in [-0.3, -0.25) is 9.69 Å². The van der Waals surface area contributed by atoms with Crippen LogP contribution in [0.1, 0.15) is 40.7 Å². The number of phenols is 1. The van der Waals surface area contributed by atoms with E-state index in [1.807, 2.05) is 6.07 Å². The van der Waals surface area contributed by atoms with Gasteiger partial charge in [-0.25, -0.2) is 0 Å². The van der Waals surface area contributed by atoms with Gasteiger partial charge < -0.3 is 15.4 Å². The molecule has 2 aliphatic rings. The van der Waals surface area contributed by atoms with Gasteiger partial charge in [0.1, 0.15) is 5.75 Å². The second-order valence-electron chi connectivity index (χ2n) is 7.61. The second-order valence-corrected chi connectivity index (χ2v) is 7.61. The van der Waals surface area contributed by atoms with Gasteiger partial charge in [0.25, 0.3) is 5.91 Å². The zero-order chi connectivity index (χ0) is 18.4. The van der Waals surface area contributed by atoms with Gasteiger partial charge in [0.05, 0.1) is 5.56 Å². The van der Waals surface area contributed by atoms with Gasteiger partial charge in [0.15, 0.2) is 0 Å². The van der Waals surface area contributed by atoms with Gasteiger partial charge in [0.2, 0.25) is 0 Å². The molecule has 3 N–H and O–H groups in total. The van der Waals surface area contributed by atoms with Crippen LogP contribution in [-0.2, 0) is 13.1 Å². The third-order valence-corrected chi connectivity index (χ3v) is 5.77. The molecule has 1 saturated heterocycles. The summed E-state index contributed by atoms with van der Waals surface area (Å²) in [6.45, 7) is 3.75. The lowest BCUT2D eigenvalue weighted by Crippen LogP contribution is -2.28. The molecule has 1 fully saturated rings. The molecule has 1 amide bonds. The first-order chi connectivity index (χ1) is 13.2. The third kappa shape index (κ3) is 2.88. The van der Waals surface area contributed by atoms with Gasteiger partial charge in [0, 0.05) is 40.8 Å². The van der Waals surface area contributed by atoms with Crippen molar-refractivity contribution in [3.63, 3.8) is 0 Å². The maximum atomic E-state index is 12.3. The Kier molecular flexibility index (Phi) is 3.90. The zero-order valence-electron chi connectivity index (χ0n) is 15.2. The van der Waals surface area contributed by atoms with Gasteiger partial charge in [-0.15, -0.1) is 0 Å². The van der Waals surface area contributed by atoms with Crippen molar-refractivity contribution in [1.29, 1.82) is 0 Å². The van der Waals surface area contributed by atoms with Crippen LogP contribution in [0.25, 0.3) is 22.2 Å². The summed E-state index contributed by atoms with van der Waals surface area (Å²) in [7, 11) is 0. The molecule has 0 spiro atoms. The van der Waals surface area contributed by atoms with E-state index < -0.39 is 0 Å². The van der Waals surface area contributed by atoms with Crippen LogP contribution in [0.5, 0.6) is 5.75 Å². The molecule has 0 aliphatic carbocycles. The van der Waals surface area contributed by atoms with Crippen molar-refractivity contribution in [3.8, 4) is 17.0 Å². The number of aromatic amines is 1. The van der Waals surface area contributed by atoms with Crippen LogP contribution in [0.4, 0.5) is 0 Å². The monoisotopic (exact) mass is 361 g/mol. The molecule has 5 nitrogen and oxygen atoms in total. The number of piperidine rings is 1. The van der Waals surface area contributed by atoms with Crippen molar-refractivity contribution in [1.82, 2.24) is 15.2 Å². The zero-order valence-corrected chi connectivity index (χ0v) is 15.2. The van der Waals surface area contributed by atoms with Gasteiger partial charge in [-0.2, -0.15) is 0 Å². The van der Waals surface area contributed by atoms with Gasteiger partial charge in [-0.05, 0) is 61.8 Å². The number of fused-ring (bicyclic) bond motifs is 2. The Morgan fingerprint density at radius 3 is 2.74 bits per heavy atom. The molecule has 0 unspecified atom stereocenters. The summed E-state index contributed by atoms with van der Waals surface area (Å²) in [6.07, 6.45) is 3.94. The molecule has 0 radical (unpaired) electrons. The highest BCUT2D eigenvalue weighted by Crippen LogP contribution is 2.35. The van der Waals surface area contributed by atoms with Crippen LogP contribution in [0.3, 0.4) is 0 Å². The first-order valence-corrected chi connectivity index (χ1v) is 9.66. The van der Waals surface area contributed by atoms with E-state index in [4.69, 9.17) is 0 Å². The normalized spacial score (nSPS) is 17.3. The number of carbonyl (C=O) groups is 1. The van der Waals surface area contributed by atoms with E-state index in [0.717, 1.165) is 28.7 Å². The third-order valence-electron chi connectivity index (χ3n) is 5.77. The summed E-state index contributed by atoms with van der Waals surface area (Å²) in [6, 6.07) is 12.1. The first-order valence-electron chi connectivity index (χ1n) is 9.66. The molecule has 0 saturated carbocycles. The molecule has 138 valence electrons. The van der Waals surface area contributed by atoms with E-state index in [1.165, 1.54) is 37.9 Å². The standard InChI is InChI=1S/C22H23N3O2/c26-20-7-5-16(21-17(20)12-23-22(21)27)19-11-15-10-14(4-6-18(15)24-19)13-25-8-2-1-3-9-25/h4-7,10-11,24,26H,1-3,8-9,12-13H2,(H,23,27). The number of hydrogen-bond acceptors (Lipinski definition) is 3. The van der Waals surface area contributed by atoms with E-state index in [1.54, 1.807) is 6.07 Å². The van der Waals surface area contributed by atoms with Crippen molar-refractivity contribution in [2.75, 3.05) is 13.1 Å². The number of nitrogens with zero attached hydrogens (tertiary/aromatic N) is 1. The van der Waals surface area contributed by atoms with Crippen LogP contribution in [0.15, 0.2) is 36.4 Å². The number of likely N-dealkylation sites (tertiary alicyclic amines) is 1. The Bertz CT molecular complexity index is 1030. The van der Waals surface area contributed by atoms with Crippen molar-refractivity contribution in [2.24, 2.45) is 0 Å². The van der Waals surface area contributed by atoms with Crippen molar-refractivity contribution < 1.29 is 9.90 Å². The Balaban J connectivity index is 1.51. The van der Waals surface area contributed by atoms with Crippen molar-refractivity contribution in [3.05, 3.63) is 53.1 Å². The Hall–Kier alpha value is -2.79. The average molecular weight is 361 g/mol. The molecule has 27 heavy (non-hydrogen) atoms. The van der Waals surface area contributed by atoms with E-state index in [0.29, 0.717) is 17.7 Å². The predicted molar refractivity (Wildman–Crippen MR) is 106 cm³/mol. The molecule has 3 heterocycles. The summed E-state index contributed by atoms with van der Waals surface area (Å²) < 4.78 is 0. The van der Waals surface area contributed by atoms with Crippen molar-refractivity contribution in [2.45, 2.75) is 32.4 Å². The minimum absolute atomic E-state index is 0.125. The summed E-state index contributed by atoms with van der Waals surface area (Å²) >= 11 is 0. The maximum absolute atomic E-state index is 12.3. The number of rotatable bonds is 3. The predicted octanol–water partition coefficient (Wildman–Crippen LogP) is 3.77. The summed E-state index contributed by atoms with van der Waals surface area (Å²) in [4.78, 5) is 18.2. The van der Waals surface area contributed by atoms with Crippen LogP contribution in [-0.4, -0.2) is 34.0 Å². The Morgan fingerprint density at radius 2 is 1.89 bits per heavy atom. The average Bonchev–Trinajstić information content (AvgIpc) is 3.27. The Morgan fingerprint density at radius 1 is 1.04 bits per heavy atom. The number of amides is 1. The largest absolute Gasteiger partial charge is 0.508 e. The minimum Gasteiger partial charge on any atom is -0.508 e. The van der Waals surface area contributed by atoms with Gasteiger partial charge in [-0.1, -0.05) is 12.5 Å². The number of phenolic OH excluding ortho intramolecular Hbond substituents is 1. The molecule has 2 aromatic carbocycles. The number of benzene rings is 2. The number of aromatic nitrogens is 1. The molecule has 0 bridgehead atoms. The fourth-order valence-electron chi connectivity index (χ4n) is 4.36. The van der Waals surface area contributed by atoms with Crippen LogP contribution in [0, 0.1) is 0 Å². The molecule has 5 rings (SSSR count).